The van der Waals surface area contributed by atoms with E-state index in [2.05, 4.69) is 57.2 Å². The number of nitrogens with one attached hydrogen (secondary N) is 4. The molecule has 0 spiro atoms. The molecule has 13 rings (SSSR count). The van der Waals surface area contributed by atoms with Crippen molar-refractivity contribution in [3.63, 3.8) is 0 Å². The van der Waals surface area contributed by atoms with Gasteiger partial charge in [0.15, 0.2) is 36.2 Å². The Hall–Kier alpha value is -5.93. The van der Waals surface area contributed by atoms with E-state index in [0.717, 1.165) is 23.6 Å². The Morgan fingerprint density at radius 2 is 0.740 bits per heavy atom. The highest BCUT2D eigenvalue weighted by molar-refractivity contribution is 8.76. The number of amides is 4. The molecular weight excluding hydrogens is 1770 g/mol. The van der Waals surface area contributed by atoms with Gasteiger partial charge >= 0.3 is 0 Å². The van der Waals surface area contributed by atoms with E-state index in [-0.39, 0.29) is 109 Å². The van der Waals surface area contributed by atoms with Crippen molar-refractivity contribution in [3.05, 3.63) is 60.1 Å². The molecule has 9 aliphatic rings. The first-order valence-corrected chi connectivity index (χ1v) is 47.3. The van der Waals surface area contributed by atoms with Crippen molar-refractivity contribution < 1.29 is 147 Å². The average Bonchev–Trinajstić information content (AvgIpc) is 1.58. The Morgan fingerprint density at radius 1 is 0.412 bits per heavy atom. The standard InChI is InChI=1S/C84H132N14O31S2/c1-58(99)86-66-69-72(124-78(4,5)121-69)82(55-118-75(66)127-82)52-112-39-36-109-33-30-106-27-24-103-21-18-96-43-61(90-93-96)46-115-49-81(89-64(102)15-11-10-14-42-130-131-65-16-12-13-17-85-65,50-116-47-62-44-97(94-91-62)19-22-104-25-28-107-31-34-110-37-40-113-53-83-56-119-76(128-83)67(87-59(2)100)70-73(83)125-79(6,7)122-70)51-117-48-63-45-98(95-92-63)20-23-105-26-29-108-32-35-111-38-41-114-54-84-57-120-77(129-84)68(88-60(3)101)71-74(84)126-80(8,9)123-71/h12-13,16-17,43-45,66-77H,10-11,14-15,18-42,46-57H2,1-9H3,(H,86,99)(H,87,100)(H,88,101)(H,89,102)/t66-,67-,68-,69-,70-,71?,72-,73-,74-,75+,76+,77+,82+,83+,84+/m1/s1. The first-order chi connectivity index (χ1) is 63.4. The summed E-state index contributed by atoms with van der Waals surface area (Å²) in [7, 11) is 3.36. The molecule has 45 nitrogen and oxygen atoms in total. The molecule has 131 heavy (non-hydrogen) atoms. The van der Waals surface area contributed by atoms with E-state index in [9.17, 15) is 19.2 Å². The molecule has 9 aliphatic heterocycles. The van der Waals surface area contributed by atoms with E-state index < -0.39 is 113 Å². The van der Waals surface area contributed by atoms with Crippen LogP contribution >= 0.6 is 21.6 Å². The molecule has 6 bridgehead atoms. The summed E-state index contributed by atoms with van der Waals surface area (Å²) < 4.78 is 169. The normalized spacial score (nSPS) is 27.9. The lowest BCUT2D eigenvalue weighted by atomic mass is 9.88. The van der Waals surface area contributed by atoms with Gasteiger partial charge in [-0.1, -0.05) is 38.9 Å². The van der Waals surface area contributed by atoms with Crippen LogP contribution < -0.4 is 21.3 Å². The predicted octanol–water partition coefficient (Wildman–Crippen LogP) is 1.31. The summed E-state index contributed by atoms with van der Waals surface area (Å²) in [5.74, 6) is -2.58. The van der Waals surface area contributed by atoms with Crippen molar-refractivity contribution in [3.8, 4) is 0 Å². The van der Waals surface area contributed by atoms with Gasteiger partial charge in [0.25, 0.3) is 0 Å². The van der Waals surface area contributed by atoms with Crippen LogP contribution in [0.5, 0.6) is 0 Å². The fraction of sp³-hybridized carbons (Fsp3) is 0.821. The van der Waals surface area contributed by atoms with Crippen LogP contribution in [0.4, 0.5) is 0 Å². The topological polar surface area (TPSA) is 471 Å². The number of pyridine rings is 1. The van der Waals surface area contributed by atoms with E-state index in [1.54, 1.807) is 60.4 Å². The zero-order valence-electron chi connectivity index (χ0n) is 76.4. The molecule has 13 heterocycles. The first kappa shape index (κ1) is 102. The minimum atomic E-state index is -1.25. The highest BCUT2D eigenvalue weighted by atomic mass is 33.1. The van der Waals surface area contributed by atoms with Gasteiger partial charge in [0.1, 0.15) is 99.2 Å². The van der Waals surface area contributed by atoms with Gasteiger partial charge in [-0.15, -0.1) is 15.3 Å². The van der Waals surface area contributed by atoms with Crippen molar-refractivity contribution in [2.75, 3.05) is 204 Å². The summed E-state index contributed by atoms with van der Waals surface area (Å²) >= 11 is 0. The van der Waals surface area contributed by atoms with E-state index in [1.807, 2.05) is 59.7 Å². The van der Waals surface area contributed by atoms with Crippen LogP contribution in [-0.2, 0) is 187 Å². The molecule has 1 unspecified atom stereocenters. The number of rotatable bonds is 66. The zero-order chi connectivity index (χ0) is 92.0. The second-order valence-corrected chi connectivity index (χ2v) is 37.0. The summed E-state index contributed by atoms with van der Waals surface area (Å²) in [6.07, 6.45) is 4.74. The van der Waals surface area contributed by atoms with Crippen molar-refractivity contribution in [1.82, 2.24) is 71.2 Å². The molecule has 0 saturated carbocycles. The minimum absolute atomic E-state index is 0.0344. The highest BCUT2D eigenvalue weighted by Gasteiger charge is 2.69. The Morgan fingerprint density at radius 3 is 1.06 bits per heavy atom. The zero-order valence-corrected chi connectivity index (χ0v) is 78.0. The van der Waals surface area contributed by atoms with Crippen LogP contribution in [0.25, 0.3) is 0 Å². The minimum Gasteiger partial charge on any atom is -0.377 e. The third-order valence-corrected chi connectivity index (χ3v) is 24.6. The second kappa shape index (κ2) is 50.4. The molecule has 0 radical (unpaired) electrons. The maximum absolute atomic E-state index is 14.3. The van der Waals surface area contributed by atoms with Crippen molar-refractivity contribution in [1.29, 1.82) is 0 Å². The number of unbranched alkanes of at least 4 members (excludes halogenated alkanes) is 2. The van der Waals surface area contributed by atoms with E-state index >= 15 is 0 Å². The molecule has 4 aromatic heterocycles. The molecule has 15 atom stereocenters. The number of fused-ring (bicyclic) bond motifs is 12. The quantitative estimate of drug-likeness (QED) is 0.0357. The van der Waals surface area contributed by atoms with Crippen molar-refractivity contribution in [2.45, 2.75) is 246 Å². The van der Waals surface area contributed by atoms with Gasteiger partial charge in [0.2, 0.25) is 23.6 Å². The molecular formula is C84H132N14O31S2. The lowest BCUT2D eigenvalue weighted by Gasteiger charge is -2.42. The number of aromatic nitrogens is 10. The molecule has 0 aliphatic carbocycles. The largest absolute Gasteiger partial charge is 0.377 e. The average molecular weight is 1900 g/mol. The van der Waals surface area contributed by atoms with Gasteiger partial charge in [-0.3, -0.25) is 19.2 Å². The van der Waals surface area contributed by atoms with Gasteiger partial charge in [0, 0.05) is 39.1 Å². The maximum atomic E-state index is 14.3. The summed E-state index contributed by atoms with van der Waals surface area (Å²) in [5.41, 5.74) is -2.29. The maximum Gasteiger partial charge on any atom is 0.220 e. The van der Waals surface area contributed by atoms with Gasteiger partial charge in [-0.05, 0) is 77.3 Å². The fourth-order valence-electron chi connectivity index (χ4n) is 16.5. The van der Waals surface area contributed by atoms with Gasteiger partial charge < -0.3 is 149 Å². The lowest BCUT2D eigenvalue weighted by molar-refractivity contribution is -0.214. The fourth-order valence-corrected chi connectivity index (χ4v) is 18.5. The Labute approximate surface area is 769 Å². The van der Waals surface area contributed by atoms with Crippen LogP contribution in [-0.4, -0.2) is 391 Å². The predicted molar refractivity (Wildman–Crippen MR) is 456 cm³/mol. The van der Waals surface area contributed by atoms with Crippen LogP contribution in [0, 0.1) is 0 Å². The van der Waals surface area contributed by atoms with E-state index in [1.165, 1.54) is 20.8 Å². The molecule has 4 aromatic rings. The van der Waals surface area contributed by atoms with Crippen LogP contribution in [0.2, 0.25) is 0 Å². The lowest BCUT2D eigenvalue weighted by Crippen LogP contribution is -2.65. The highest BCUT2D eigenvalue weighted by Crippen LogP contribution is 2.50. The summed E-state index contributed by atoms with van der Waals surface area (Å²) in [5, 5.41) is 39.0. The Balaban J connectivity index is 0.530. The monoisotopic (exact) mass is 1900 g/mol. The smallest absolute Gasteiger partial charge is 0.220 e. The first-order valence-electron chi connectivity index (χ1n) is 45.0. The van der Waals surface area contributed by atoms with Crippen LogP contribution in [0.1, 0.15) is 105 Å². The number of hydrogen-bond acceptors (Lipinski definition) is 40. The number of nitrogens with zero attached hydrogens (tertiary/aromatic N) is 10. The molecule has 4 amide bonds. The molecule has 736 valence electrons. The summed E-state index contributed by atoms with van der Waals surface area (Å²) in [4.78, 5) is 54.7. The summed E-state index contributed by atoms with van der Waals surface area (Å²) in [6.45, 7) is 24.8. The molecule has 9 fully saturated rings. The number of hydrogen-bond donors (Lipinski definition) is 4. The van der Waals surface area contributed by atoms with Gasteiger partial charge in [-0.25, -0.2) is 19.0 Å². The van der Waals surface area contributed by atoms with Crippen molar-refractivity contribution >= 4 is 45.2 Å². The van der Waals surface area contributed by atoms with Crippen LogP contribution in [0.15, 0.2) is 48.0 Å². The second-order valence-electron chi connectivity index (χ2n) is 34.6. The molecule has 47 heteroatoms. The van der Waals surface area contributed by atoms with E-state index in [4.69, 9.17) is 128 Å². The van der Waals surface area contributed by atoms with Gasteiger partial charge in [-0.2, -0.15) is 0 Å². The third kappa shape index (κ3) is 30.8. The van der Waals surface area contributed by atoms with Gasteiger partial charge in [0.05, 0.1) is 256 Å². The molecule has 9 saturated heterocycles. The molecule has 4 N–H and O–H groups in total. The number of carbonyl (C=O) groups is 4. The van der Waals surface area contributed by atoms with Crippen LogP contribution in [0.3, 0.4) is 0 Å². The third-order valence-electron chi connectivity index (χ3n) is 22.3. The number of ether oxygens (including phenoxy) is 27. The number of carbonyl (C=O) groups excluding carboxylic acids is 4. The SMILES string of the molecule is CC(=O)N[C@H]1[C@H]2OC[C@](COCCOCCOCCOCCn3cc(COCC(COCc4cn(CCOCCOCCOCCOC[C@@]56CO[C@@H](O5)[C@H](NC(C)=O)C5OC(C)(C)O[C@H]56)nn4)(COCc4cn(CCOCCOCCOCCOC[C@@]56CO[C@@H](O5)[C@H](NC(C)=O)[C@H]5OC(C)(C)O[C@H]56)nn4)NC(=O)CCCCCSSc4ccccn4)nn3)(O2)[C@@H]2OC(C)(C)O[C@H]12. The Bertz CT molecular complexity index is 3750. The van der Waals surface area contributed by atoms with E-state index in [0.29, 0.717) is 182 Å². The van der Waals surface area contributed by atoms with Crippen molar-refractivity contribution in [2.24, 2.45) is 0 Å². The Kier molecular flexibility index (Phi) is 39.4. The summed E-state index contributed by atoms with van der Waals surface area (Å²) in [6, 6.07) is 4.29. The molecule has 0 aromatic carbocycles.